The molecule has 0 bridgehead atoms. The highest BCUT2D eigenvalue weighted by molar-refractivity contribution is 6.05. The number of fused-ring (bicyclic) bond motifs is 1. The molecule has 0 spiro atoms. The molecule has 4 aromatic rings. The van der Waals surface area contributed by atoms with Crippen LogP contribution in [0.1, 0.15) is 34.6 Å². The van der Waals surface area contributed by atoms with E-state index in [1.165, 1.54) is 27.1 Å². The first-order valence-electron chi connectivity index (χ1n) is 12.0. The summed E-state index contributed by atoms with van der Waals surface area (Å²) in [4.78, 5) is 17.8. The third kappa shape index (κ3) is 5.05. The molecular weight excluding hydrogens is 454 g/mol. The van der Waals surface area contributed by atoms with Crippen molar-refractivity contribution < 1.29 is 19.0 Å². The minimum Gasteiger partial charge on any atom is -0.493 e. The predicted octanol–water partition coefficient (Wildman–Crippen LogP) is 5.73. The molecule has 0 aliphatic carbocycles. The van der Waals surface area contributed by atoms with Gasteiger partial charge in [-0.15, -0.1) is 0 Å². The van der Waals surface area contributed by atoms with E-state index >= 15 is 0 Å². The van der Waals surface area contributed by atoms with Crippen LogP contribution in [0.4, 0.5) is 5.69 Å². The molecule has 0 saturated carbocycles. The summed E-state index contributed by atoms with van der Waals surface area (Å²) < 4.78 is 19.3. The molecule has 7 heteroatoms. The Morgan fingerprint density at radius 1 is 0.972 bits per heavy atom. The molecule has 36 heavy (non-hydrogen) atoms. The number of carbonyl (C=O) groups is 1. The number of aryl methyl sites for hydroxylation is 2. The Morgan fingerprint density at radius 3 is 2.36 bits per heavy atom. The number of carbonyl (C=O) groups excluding carboxylic acids is 1. The summed E-state index contributed by atoms with van der Waals surface area (Å²) in [6.45, 7) is 1.38. The Labute approximate surface area is 210 Å². The first kappa shape index (κ1) is 23.5. The number of benzene rings is 3. The summed E-state index contributed by atoms with van der Waals surface area (Å²) in [5.74, 6) is 2.18. The lowest BCUT2D eigenvalue weighted by Crippen LogP contribution is -2.12. The number of rotatable bonds is 8. The first-order valence-corrected chi connectivity index (χ1v) is 12.0. The van der Waals surface area contributed by atoms with Crippen LogP contribution in [0, 0.1) is 0 Å². The van der Waals surface area contributed by atoms with Crippen molar-refractivity contribution in [3.05, 3.63) is 89.9 Å². The van der Waals surface area contributed by atoms with Crippen LogP contribution in [0.5, 0.6) is 17.2 Å². The number of imidazole rings is 1. The summed E-state index contributed by atoms with van der Waals surface area (Å²) in [5.41, 5.74) is 4.10. The van der Waals surface area contributed by atoms with E-state index in [1.54, 1.807) is 12.1 Å². The molecule has 3 aromatic carbocycles. The summed E-state index contributed by atoms with van der Waals surface area (Å²) in [5, 5.41) is 2.95. The maximum absolute atomic E-state index is 13.0. The van der Waals surface area contributed by atoms with Crippen LogP contribution in [0.25, 0.3) is 11.3 Å². The van der Waals surface area contributed by atoms with Crippen LogP contribution in [0.2, 0.25) is 0 Å². The average Bonchev–Trinajstić information content (AvgIpc) is 3.37. The zero-order valence-corrected chi connectivity index (χ0v) is 20.5. The lowest BCUT2D eigenvalue weighted by atomic mass is 10.1. The Morgan fingerprint density at radius 2 is 1.69 bits per heavy atom. The Bertz CT molecular complexity index is 1300. The minimum atomic E-state index is -0.272. The largest absolute Gasteiger partial charge is 0.493 e. The molecule has 184 valence electrons. The van der Waals surface area contributed by atoms with E-state index in [4.69, 9.17) is 19.2 Å². The maximum Gasteiger partial charge on any atom is 0.255 e. The fourth-order valence-corrected chi connectivity index (χ4v) is 4.36. The normalized spacial score (nSPS) is 12.5. The van der Waals surface area contributed by atoms with E-state index in [0.717, 1.165) is 35.6 Å². The second-order valence-electron chi connectivity index (χ2n) is 8.71. The molecule has 1 amide bonds. The molecule has 1 aliphatic rings. The van der Waals surface area contributed by atoms with Crippen LogP contribution in [0.3, 0.4) is 0 Å². The highest BCUT2D eigenvalue weighted by Gasteiger charge is 2.19. The van der Waals surface area contributed by atoms with Crippen molar-refractivity contribution in [1.82, 2.24) is 9.55 Å². The molecule has 7 nitrogen and oxygen atoms in total. The van der Waals surface area contributed by atoms with E-state index in [9.17, 15) is 4.79 Å². The van der Waals surface area contributed by atoms with Crippen LogP contribution < -0.4 is 19.5 Å². The van der Waals surface area contributed by atoms with Gasteiger partial charge in [0.1, 0.15) is 12.4 Å². The molecule has 1 aromatic heterocycles. The van der Waals surface area contributed by atoms with E-state index in [-0.39, 0.29) is 5.91 Å². The van der Waals surface area contributed by atoms with Crippen molar-refractivity contribution in [2.45, 2.75) is 32.4 Å². The lowest BCUT2D eigenvalue weighted by Gasteiger charge is -2.16. The number of aromatic nitrogens is 2. The summed E-state index contributed by atoms with van der Waals surface area (Å²) >= 11 is 0. The number of nitrogens with one attached hydrogen (secondary N) is 1. The fourth-order valence-electron chi connectivity index (χ4n) is 4.36. The minimum absolute atomic E-state index is 0.272. The van der Waals surface area contributed by atoms with Gasteiger partial charge in [-0.25, -0.2) is 4.98 Å². The van der Waals surface area contributed by atoms with Gasteiger partial charge in [0.2, 0.25) is 5.75 Å². The number of ether oxygens (including phenoxy) is 3. The van der Waals surface area contributed by atoms with Gasteiger partial charge >= 0.3 is 0 Å². The number of nitrogens with zero attached hydrogens (tertiary/aromatic N) is 2. The van der Waals surface area contributed by atoms with Crippen molar-refractivity contribution in [1.29, 1.82) is 0 Å². The van der Waals surface area contributed by atoms with Crippen molar-refractivity contribution >= 4 is 11.6 Å². The Kier molecular flexibility index (Phi) is 6.89. The lowest BCUT2D eigenvalue weighted by molar-refractivity contribution is 0.102. The fraction of sp³-hybridized carbons (Fsp3) is 0.241. The van der Waals surface area contributed by atoms with Gasteiger partial charge in [-0.1, -0.05) is 42.5 Å². The molecular formula is C29H29N3O4. The van der Waals surface area contributed by atoms with Gasteiger partial charge in [-0.3, -0.25) is 4.79 Å². The highest BCUT2D eigenvalue weighted by atomic mass is 16.5. The summed E-state index contributed by atoms with van der Waals surface area (Å²) in [6, 6.07) is 20.9. The van der Waals surface area contributed by atoms with Crippen molar-refractivity contribution in [2.24, 2.45) is 0 Å². The summed E-state index contributed by atoms with van der Waals surface area (Å²) in [7, 11) is 3.08. The zero-order valence-electron chi connectivity index (χ0n) is 20.5. The maximum atomic E-state index is 13.0. The molecule has 5 rings (SSSR count). The van der Waals surface area contributed by atoms with E-state index < -0.39 is 0 Å². The second kappa shape index (κ2) is 10.6. The molecule has 0 radical (unpaired) electrons. The molecule has 0 atom stereocenters. The van der Waals surface area contributed by atoms with Gasteiger partial charge in [0.15, 0.2) is 11.5 Å². The molecule has 0 unspecified atom stereocenters. The monoisotopic (exact) mass is 483 g/mol. The Hall–Kier alpha value is -4.26. The third-order valence-corrected chi connectivity index (χ3v) is 6.30. The number of anilines is 1. The quantitative estimate of drug-likeness (QED) is 0.346. The van der Waals surface area contributed by atoms with Crippen molar-refractivity contribution in [2.75, 3.05) is 19.5 Å². The highest BCUT2D eigenvalue weighted by Crippen LogP contribution is 2.39. The number of amides is 1. The van der Waals surface area contributed by atoms with Crippen LogP contribution >= 0.6 is 0 Å². The van der Waals surface area contributed by atoms with Crippen LogP contribution in [0.15, 0.2) is 72.9 Å². The standard InChI is InChI=1S/C29H29N3O4/c1-34-25-16-22(17-26(35-2)28(25)36-19-20-8-4-3-5-9-20)29(33)30-23-13-11-21(12-14-23)24-18-32-15-7-6-10-27(32)31-24/h3-5,8-9,11-14,16-18H,6-7,10,15,19H2,1-2H3,(H,30,33). The van der Waals surface area contributed by atoms with Gasteiger partial charge in [-0.05, 0) is 42.7 Å². The molecule has 0 saturated heterocycles. The smallest absolute Gasteiger partial charge is 0.255 e. The van der Waals surface area contributed by atoms with Gasteiger partial charge in [0.05, 0.1) is 19.9 Å². The van der Waals surface area contributed by atoms with Gasteiger partial charge in [-0.2, -0.15) is 0 Å². The number of hydrogen-bond donors (Lipinski definition) is 1. The average molecular weight is 484 g/mol. The number of hydrogen-bond acceptors (Lipinski definition) is 5. The molecule has 2 heterocycles. The zero-order chi connectivity index (χ0) is 24.9. The molecule has 1 N–H and O–H groups in total. The molecule has 0 fully saturated rings. The Balaban J connectivity index is 1.30. The number of methoxy groups -OCH3 is 2. The third-order valence-electron chi connectivity index (χ3n) is 6.30. The topological polar surface area (TPSA) is 74.6 Å². The van der Waals surface area contributed by atoms with E-state index in [1.807, 2.05) is 54.6 Å². The van der Waals surface area contributed by atoms with Crippen molar-refractivity contribution in [3.8, 4) is 28.5 Å². The van der Waals surface area contributed by atoms with E-state index in [2.05, 4.69) is 16.1 Å². The first-order chi connectivity index (χ1) is 17.6. The molecule has 1 aliphatic heterocycles. The SMILES string of the molecule is COc1cc(C(=O)Nc2ccc(-c3cn4c(n3)CCCC4)cc2)cc(OC)c1OCc1ccccc1. The second-order valence-corrected chi connectivity index (χ2v) is 8.71. The summed E-state index contributed by atoms with van der Waals surface area (Å²) in [6.07, 6.45) is 5.53. The van der Waals surface area contributed by atoms with Gasteiger partial charge in [0.25, 0.3) is 5.91 Å². The van der Waals surface area contributed by atoms with Gasteiger partial charge < -0.3 is 24.1 Å². The van der Waals surface area contributed by atoms with Crippen LogP contribution in [-0.4, -0.2) is 29.7 Å². The predicted molar refractivity (Wildman–Crippen MR) is 139 cm³/mol. The van der Waals surface area contributed by atoms with Gasteiger partial charge in [0, 0.05) is 36.0 Å². The van der Waals surface area contributed by atoms with Crippen molar-refractivity contribution in [3.63, 3.8) is 0 Å². The van der Waals surface area contributed by atoms with Crippen LogP contribution in [-0.2, 0) is 19.6 Å². The van der Waals surface area contributed by atoms with E-state index in [0.29, 0.717) is 35.1 Å².